The number of Topliss-reactive ketones (excluding diaryl/α,β-unsaturated/α-hetero) is 1. The third-order valence-electron chi connectivity index (χ3n) is 6.83. The van der Waals surface area contributed by atoms with Crippen molar-refractivity contribution in [2.75, 3.05) is 6.61 Å². The van der Waals surface area contributed by atoms with Crippen LogP contribution in [0.5, 0.6) is 11.5 Å². The number of carbonyl (C=O) groups is 3. The summed E-state index contributed by atoms with van der Waals surface area (Å²) < 4.78 is 26.2. The molecule has 2 aromatic carbocycles. The monoisotopic (exact) mass is 454 g/mol. The maximum Gasteiger partial charge on any atom is 0.201 e. The molecule has 2 N–H and O–H groups in total. The van der Waals surface area contributed by atoms with Gasteiger partial charge in [-0.3, -0.25) is 14.4 Å². The molecule has 33 heavy (non-hydrogen) atoms. The van der Waals surface area contributed by atoms with E-state index in [1.807, 2.05) is 0 Å². The zero-order valence-electron chi connectivity index (χ0n) is 18.0. The van der Waals surface area contributed by atoms with E-state index < -0.39 is 58.3 Å². The first kappa shape index (κ1) is 21.7. The highest BCUT2D eigenvalue weighted by Crippen LogP contribution is 2.51. The number of hydrogen-bond donors (Lipinski definition) is 2. The smallest absolute Gasteiger partial charge is 0.201 e. The fraction of sp³-hybridized carbons (Fsp3) is 0.400. The molecule has 1 saturated heterocycles. The van der Waals surface area contributed by atoms with Crippen molar-refractivity contribution >= 4 is 17.3 Å². The van der Waals surface area contributed by atoms with Crippen LogP contribution in [0.2, 0.25) is 0 Å². The number of ether oxygens (including phenoxy) is 2. The van der Waals surface area contributed by atoms with Gasteiger partial charge in [0.15, 0.2) is 12.1 Å². The summed E-state index contributed by atoms with van der Waals surface area (Å²) in [7, 11) is 0. The van der Waals surface area contributed by atoms with E-state index in [4.69, 9.17) is 9.47 Å². The molecule has 1 aliphatic heterocycles. The average Bonchev–Trinajstić information content (AvgIpc) is 2.79. The Morgan fingerprint density at radius 3 is 2.55 bits per heavy atom. The molecular weight excluding hydrogens is 431 g/mol. The summed E-state index contributed by atoms with van der Waals surface area (Å²) in [6.45, 7) is 1.96. The van der Waals surface area contributed by atoms with Gasteiger partial charge in [-0.2, -0.15) is 0 Å². The number of phenolic OH excluding ortho intramolecular Hbond substituents is 2. The maximum atomic E-state index is 14.5. The van der Waals surface area contributed by atoms with Gasteiger partial charge in [-0.15, -0.1) is 0 Å². The Morgan fingerprint density at radius 2 is 1.85 bits per heavy atom. The van der Waals surface area contributed by atoms with Crippen LogP contribution in [0.4, 0.5) is 4.39 Å². The Balaban J connectivity index is 1.69. The van der Waals surface area contributed by atoms with Crippen LogP contribution in [0.1, 0.15) is 81.7 Å². The Bertz CT molecular complexity index is 1200. The zero-order chi connectivity index (χ0) is 23.4. The van der Waals surface area contributed by atoms with Gasteiger partial charge in [0, 0.05) is 29.2 Å². The van der Waals surface area contributed by atoms with E-state index in [1.54, 1.807) is 0 Å². The molecule has 3 aliphatic rings. The lowest BCUT2D eigenvalue weighted by Crippen LogP contribution is -2.32. The molecule has 7 nitrogen and oxygen atoms in total. The van der Waals surface area contributed by atoms with Crippen LogP contribution < -0.4 is 0 Å². The molecule has 5 rings (SSSR count). The molecule has 0 bridgehead atoms. The molecule has 3 atom stereocenters. The lowest BCUT2D eigenvalue weighted by atomic mass is 9.74. The van der Waals surface area contributed by atoms with Crippen molar-refractivity contribution in [1.29, 1.82) is 0 Å². The van der Waals surface area contributed by atoms with E-state index in [9.17, 15) is 29.0 Å². The van der Waals surface area contributed by atoms with Gasteiger partial charge in [0.1, 0.15) is 23.1 Å². The van der Waals surface area contributed by atoms with Gasteiger partial charge in [0.2, 0.25) is 5.78 Å². The molecule has 1 fully saturated rings. The van der Waals surface area contributed by atoms with Gasteiger partial charge < -0.3 is 19.7 Å². The van der Waals surface area contributed by atoms with Crippen molar-refractivity contribution in [3.8, 4) is 11.5 Å². The van der Waals surface area contributed by atoms with Crippen molar-refractivity contribution in [2.24, 2.45) is 5.92 Å². The summed E-state index contributed by atoms with van der Waals surface area (Å²) >= 11 is 0. The van der Waals surface area contributed by atoms with E-state index in [2.05, 4.69) is 0 Å². The fourth-order valence-electron chi connectivity index (χ4n) is 5.13. The number of ketones is 3. The second-order valence-corrected chi connectivity index (χ2v) is 8.83. The molecule has 2 unspecified atom stereocenters. The topological polar surface area (TPSA) is 110 Å². The first-order valence-electron chi connectivity index (χ1n) is 11.1. The van der Waals surface area contributed by atoms with E-state index in [0.717, 1.165) is 18.9 Å². The number of benzene rings is 2. The first-order chi connectivity index (χ1) is 15.8. The Hall–Kier alpha value is -3.10. The van der Waals surface area contributed by atoms with E-state index in [1.165, 1.54) is 19.1 Å². The summed E-state index contributed by atoms with van der Waals surface area (Å²) in [6.07, 6.45) is 1.33. The van der Waals surface area contributed by atoms with Crippen LogP contribution >= 0.6 is 0 Å². The third kappa shape index (κ3) is 3.36. The Morgan fingerprint density at radius 1 is 1.09 bits per heavy atom. The first-order valence-corrected chi connectivity index (χ1v) is 11.1. The molecule has 0 aromatic heterocycles. The van der Waals surface area contributed by atoms with Crippen LogP contribution in [0.3, 0.4) is 0 Å². The van der Waals surface area contributed by atoms with Gasteiger partial charge in [0.25, 0.3) is 0 Å². The number of hydrogen-bond acceptors (Lipinski definition) is 7. The van der Waals surface area contributed by atoms with Gasteiger partial charge in [-0.25, -0.2) is 4.39 Å². The van der Waals surface area contributed by atoms with E-state index >= 15 is 0 Å². The Labute approximate surface area is 189 Å². The number of carbonyl (C=O) groups excluding carboxylic acids is 3. The Kier molecular flexibility index (Phi) is 5.29. The summed E-state index contributed by atoms with van der Waals surface area (Å²) in [6, 6.07) is 3.68. The normalized spacial score (nSPS) is 24.1. The molecule has 2 aromatic rings. The predicted octanol–water partition coefficient (Wildman–Crippen LogP) is 3.75. The minimum Gasteiger partial charge on any atom is -0.507 e. The SMILES string of the molecule is CC(=O)C1Cc2c(O)c3c(c(O)c2[C@@H](OC2CCCCO2)C1)C(=O)c1c(F)cccc1C3=O. The van der Waals surface area contributed by atoms with Crippen LogP contribution in [-0.4, -0.2) is 40.5 Å². The lowest BCUT2D eigenvalue weighted by Gasteiger charge is -2.36. The molecule has 0 radical (unpaired) electrons. The van der Waals surface area contributed by atoms with Crippen LogP contribution in [0.25, 0.3) is 0 Å². The molecule has 172 valence electrons. The molecule has 1 heterocycles. The van der Waals surface area contributed by atoms with E-state index in [0.29, 0.717) is 13.0 Å². The molecule has 0 spiro atoms. The highest BCUT2D eigenvalue weighted by atomic mass is 19.1. The number of halogens is 1. The molecule has 0 amide bonds. The van der Waals surface area contributed by atoms with Gasteiger partial charge in [-0.05, 0) is 45.1 Å². The van der Waals surface area contributed by atoms with E-state index in [-0.39, 0.29) is 40.9 Å². The molecule has 8 heteroatoms. The highest BCUT2D eigenvalue weighted by Gasteiger charge is 2.43. The molecule has 2 aliphatic carbocycles. The molecular formula is C25H23FO7. The third-order valence-corrected chi connectivity index (χ3v) is 6.83. The quantitative estimate of drug-likeness (QED) is 0.580. The average molecular weight is 454 g/mol. The van der Waals surface area contributed by atoms with Crippen LogP contribution in [0, 0.1) is 11.7 Å². The zero-order valence-corrected chi connectivity index (χ0v) is 18.0. The van der Waals surface area contributed by atoms with Crippen molar-refractivity contribution in [1.82, 2.24) is 0 Å². The number of fused-ring (bicyclic) bond motifs is 3. The van der Waals surface area contributed by atoms with Crippen LogP contribution in [0.15, 0.2) is 18.2 Å². The van der Waals surface area contributed by atoms with Crippen molar-refractivity contribution in [3.05, 3.63) is 57.4 Å². The van der Waals surface area contributed by atoms with Crippen molar-refractivity contribution < 1.29 is 38.5 Å². The van der Waals surface area contributed by atoms with Gasteiger partial charge in [-0.1, -0.05) is 12.1 Å². The second kappa shape index (κ2) is 8.04. The van der Waals surface area contributed by atoms with Crippen molar-refractivity contribution in [2.45, 2.75) is 51.4 Å². The predicted molar refractivity (Wildman–Crippen MR) is 113 cm³/mol. The summed E-state index contributed by atoms with van der Waals surface area (Å²) in [4.78, 5) is 38.6. The standard InChI is InChI=1S/C25H23FO7/c1-11(27)12-9-14-19(16(10-12)33-17-7-2-3-8-32-17)25(31)21-20(23(14)29)22(28)13-5-4-6-15(26)18(13)24(21)30/h4-6,12,16-17,29,31H,2-3,7-10H2,1H3/t12?,16-,17?/m0/s1. The summed E-state index contributed by atoms with van der Waals surface area (Å²) in [5, 5.41) is 22.4. The highest BCUT2D eigenvalue weighted by molar-refractivity contribution is 6.30. The summed E-state index contributed by atoms with van der Waals surface area (Å²) in [5.41, 5.74) is -1.07. The molecule has 0 saturated carbocycles. The van der Waals surface area contributed by atoms with Gasteiger partial charge in [0.05, 0.1) is 22.8 Å². The minimum absolute atomic E-state index is 0.0835. The van der Waals surface area contributed by atoms with Crippen molar-refractivity contribution in [3.63, 3.8) is 0 Å². The summed E-state index contributed by atoms with van der Waals surface area (Å²) in [5.74, 6) is -4.14. The number of rotatable bonds is 3. The van der Waals surface area contributed by atoms with Crippen LogP contribution in [-0.2, 0) is 20.7 Å². The number of phenols is 2. The largest absolute Gasteiger partial charge is 0.507 e. The van der Waals surface area contributed by atoms with Gasteiger partial charge >= 0.3 is 0 Å². The maximum absolute atomic E-state index is 14.5. The lowest BCUT2D eigenvalue weighted by molar-refractivity contribution is -0.195. The number of aromatic hydroxyl groups is 2. The minimum atomic E-state index is -0.881. The second-order valence-electron chi connectivity index (χ2n) is 8.83. The fourth-order valence-corrected chi connectivity index (χ4v) is 5.13.